The number of aromatic nitrogens is 1. The van der Waals surface area contributed by atoms with Crippen molar-refractivity contribution in [3.63, 3.8) is 0 Å². The van der Waals surface area contributed by atoms with Gasteiger partial charge in [0.25, 0.3) is 0 Å². The van der Waals surface area contributed by atoms with Crippen LogP contribution < -0.4 is 16.0 Å². The Kier molecular flexibility index (Phi) is 5.34. The molecule has 1 aromatic carbocycles. The lowest BCUT2D eigenvalue weighted by Crippen LogP contribution is -2.28. The third kappa shape index (κ3) is 4.61. The molecule has 0 saturated heterocycles. The van der Waals surface area contributed by atoms with Crippen molar-refractivity contribution in [2.45, 2.75) is 26.4 Å². The van der Waals surface area contributed by atoms with Crippen LogP contribution in [-0.2, 0) is 6.54 Å². The number of nitrogens with zero attached hydrogens (tertiary/aromatic N) is 1. The summed E-state index contributed by atoms with van der Waals surface area (Å²) in [6.07, 6.45) is 1.54. The lowest BCUT2D eigenvalue weighted by Gasteiger charge is -2.13. The zero-order valence-corrected chi connectivity index (χ0v) is 12.2. The van der Waals surface area contributed by atoms with E-state index in [1.807, 2.05) is 24.3 Å². The molecule has 0 radical (unpaired) electrons. The van der Waals surface area contributed by atoms with Gasteiger partial charge in [-0.15, -0.1) is 0 Å². The molecule has 1 heterocycles. The van der Waals surface area contributed by atoms with Crippen molar-refractivity contribution >= 4 is 11.7 Å². The molecule has 0 aliphatic rings. The topological polar surface area (TPSA) is 79.2 Å². The van der Waals surface area contributed by atoms with E-state index in [9.17, 15) is 4.79 Å². The van der Waals surface area contributed by atoms with Gasteiger partial charge in [-0.2, -0.15) is 0 Å². The van der Waals surface area contributed by atoms with Crippen molar-refractivity contribution in [1.29, 1.82) is 0 Å². The highest BCUT2D eigenvalue weighted by Crippen LogP contribution is 2.15. The van der Waals surface area contributed by atoms with E-state index in [0.29, 0.717) is 18.3 Å². The SMILES string of the molecule is CCNC(C)c1ccc(NC(=O)NCc2ccno2)cc1. The molecule has 0 saturated carbocycles. The maximum Gasteiger partial charge on any atom is 0.319 e. The Hall–Kier alpha value is -2.34. The summed E-state index contributed by atoms with van der Waals surface area (Å²) in [6, 6.07) is 9.49. The number of anilines is 1. The smallest absolute Gasteiger partial charge is 0.319 e. The zero-order valence-electron chi connectivity index (χ0n) is 12.2. The van der Waals surface area contributed by atoms with Crippen LogP contribution in [0.2, 0.25) is 0 Å². The fraction of sp³-hybridized carbons (Fsp3) is 0.333. The number of nitrogens with one attached hydrogen (secondary N) is 3. The van der Waals surface area contributed by atoms with Crippen molar-refractivity contribution in [3.05, 3.63) is 47.9 Å². The van der Waals surface area contributed by atoms with E-state index in [0.717, 1.165) is 12.2 Å². The Morgan fingerprint density at radius 1 is 1.29 bits per heavy atom. The standard InChI is InChI=1S/C15H20N4O2/c1-3-16-11(2)12-4-6-13(7-5-12)19-15(20)17-10-14-8-9-18-21-14/h4-9,11,16H,3,10H2,1-2H3,(H2,17,19,20). The molecule has 0 aliphatic heterocycles. The molecule has 0 bridgehead atoms. The highest BCUT2D eigenvalue weighted by atomic mass is 16.5. The largest absolute Gasteiger partial charge is 0.360 e. The Morgan fingerprint density at radius 3 is 2.67 bits per heavy atom. The van der Waals surface area contributed by atoms with Crippen LogP contribution in [0.15, 0.2) is 41.1 Å². The van der Waals surface area contributed by atoms with E-state index >= 15 is 0 Å². The van der Waals surface area contributed by atoms with Gasteiger partial charge >= 0.3 is 6.03 Å². The molecule has 3 N–H and O–H groups in total. The Labute approximate surface area is 123 Å². The maximum absolute atomic E-state index is 11.7. The molecule has 112 valence electrons. The quantitative estimate of drug-likeness (QED) is 0.763. The molecule has 2 rings (SSSR count). The third-order valence-corrected chi connectivity index (χ3v) is 3.09. The van der Waals surface area contributed by atoms with Gasteiger partial charge in [-0.05, 0) is 31.2 Å². The summed E-state index contributed by atoms with van der Waals surface area (Å²) >= 11 is 0. The second-order valence-electron chi connectivity index (χ2n) is 4.69. The number of carbonyl (C=O) groups is 1. The second kappa shape index (κ2) is 7.44. The van der Waals surface area contributed by atoms with Crippen molar-refractivity contribution in [2.24, 2.45) is 0 Å². The van der Waals surface area contributed by atoms with Crippen molar-refractivity contribution in [1.82, 2.24) is 15.8 Å². The van der Waals surface area contributed by atoms with Crippen LogP contribution in [0.4, 0.5) is 10.5 Å². The molecule has 0 fully saturated rings. The first kappa shape index (κ1) is 15.1. The van der Waals surface area contributed by atoms with Gasteiger partial charge in [-0.1, -0.05) is 24.2 Å². The molecule has 21 heavy (non-hydrogen) atoms. The number of carbonyl (C=O) groups excluding carboxylic acids is 1. The van der Waals surface area contributed by atoms with E-state index < -0.39 is 0 Å². The summed E-state index contributed by atoms with van der Waals surface area (Å²) in [4.78, 5) is 11.7. The Morgan fingerprint density at radius 2 is 2.05 bits per heavy atom. The minimum Gasteiger partial charge on any atom is -0.360 e. The molecule has 1 aromatic heterocycles. The minimum absolute atomic E-state index is 0.279. The van der Waals surface area contributed by atoms with Gasteiger partial charge in [-0.25, -0.2) is 4.79 Å². The molecule has 6 heteroatoms. The summed E-state index contributed by atoms with van der Waals surface area (Å²) in [5, 5.41) is 12.4. The van der Waals surface area contributed by atoms with E-state index in [4.69, 9.17) is 4.52 Å². The fourth-order valence-corrected chi connectivity index (χ4v) is 1.96. The number of rotatable bonds is 6. The number of hydrogen-bond donors (Lipinski definition) is 3. The maximum atomic E-state index is 11.7. The van der Waals surface area contributed by atoms with Gasteiger partial charge in [0.05, 0.1) is 12.7 Å². The first-order valence-electron chi connectivity index (χ1n) is 6.96. The molecule has 2 aromatic rings. The molecule has 1 unspecified atom stereocenters. The van der Waals surface area contributed by atoms with Crippen LogP contribution in [0.5, 0.6) is 0 Å². The van der Waals surface area contributed by atoms with Gasteiger partial charge in [-0.3, -0.25) is 0 Å². The van der Waals surface area contributed by atoms with E-state index in [1.54, 1.807) is 12.3 Å². The number of urea groups is 1. The third-order valence-electron chi connectivity index (χ3n) is 3.09. The lowest BCUT2D eigenvalue weighted by molar-refractivity contribution is 0.250. The van der Waals surface area contributed by atoms with Gasteiger partial charge in [0, 0.05) is 17.8 Å². The number of benzene rings is 1. The molecule has 0 spiro atoms. The zero-order chi connectivity index (χ0) is 15.1. The number of amides is 2. The summed E-state index contributed by atoms with van der Waals surface area (Å²) in [5.74, 6) is 0.611. The second-order valence-corrected chi connectivity index (χ2v) is 4.69. The molecular weight excluding hydrogens is 268 g/mol. The molecule has 0 aliphatic carbocycles. The summed E-state index contributed by atoms with van der Waals surface area (Å²) in [7, 11) is 0. The summed E-state index contributed by atoms with van der Waals surface area (Å²) < 4.78 is 4.90. The van der Waals surface area contributed by atoms with E-state index in [-0.39, 0.29) is 6.03 Å². The van der Waals surface area contributed by atoms with E-state index in [2.05, 4.69) is 35.0 Å². The molecule has 1 atom stereocenters. The van der Waals surface area contributed by atoms with Crippen LogP contribution in [0.3, 0.4) is 0 Å². The first-order valence-corrected chi connectivity index (χ1v) is 6.96. The van der Waals surface area contributed by atoms with Crippen LogP contribution >= 0.6 is 0 Å². The van der Waals surface area contributed by atoms with Gasteiger partial charge < -0.3 is 20.5 Å². The van der Waals surface area contributed by atoms with Gasteiger partial charge in [0.2, 0.25) is 0 Å². The first-order chi connectivity index (χ1) is 10.2. The fourth-order valence-electron chi connectivity index (χ4n) is 1.96. The van der Waals surface area contributed by atoms with Gasteiger partial charge in [0.15, 0.2) is 5.76 Å². The number of hydrogen-bond acceptors (Lipinski definition) is 4. The predicted octanol–water partition coefficient (Wildman–Crippen LogP) is 2.67. The Balaban J connectivity index is 1.83. The Bertz CT molecular complexity index is 552. The minimum atomic E-state index is -0.279. The molecule has 6 nitrogen and oxygen atoms in total. The molecule has 2 amide bonds. The van der Waals surface area contributed by atoms with Crippen molar-refractivity contribution in [2.75, 3.05) is 11.9 Å². The van der Waals surface area contributed by atoms with Crippen LogP contribution in [0, 0.1) is 0 Å². The monoisotopic (exact) mass is 288 g/mol. The van der Waals surface area contributed by atoms with Crippen LogP contribution in [0.25, 0.3) is 0 Å². The summed E-state index contributed by atoms with van der Waals surface area (Å²) in [6.45, 7) is 5.41. The summed E-state index contributed by atoms with van der Waals surface area (Å²) in [5.41, 5.74) is 1.93. The predicted molar refractivity (Wildman–Crippen MR) is 80.9 cm³/mol. The highest BCUT2D eigenvalue weighted by molar-refractivity contribution is 5.89. The van der Waals surface area contributed by atoms with E-state index in [1.165, 1.54) is 5.56 Å². The van der Waals surface area contributed by atoms with Crippen LogP contribution in [-0.4, -0.2) is 17.7 Å². The average molecular weight is 288 g/mol. The normalized spacial score (nSPS) is 11.9. The molecular formula is C15H20N4O2. The average Bonchev–Trinajstić information content (AvgIpc) is 2.99. The van der Waals surface area contributed by atoms with Crippen molar-refractivity contribution < 1.29 is 9.32 Å². The lowest BCUT2D eigenvalue weighted by atomic mass is 10.1. The van der Waals surface area contributed by atoms with Crippen molar-refractivity contribution in [3.8, 4) is 0 Å². The highest BCUT2D eigenvalue weighted by Gasteiger charge is 2.06. The van der Waals surface area contributed by atoms with Crippen LogP contribution in [0.1, 0.15) is 31.2 Å². The van der Waals surface area contributed by atoms with Gasteiger partial charge in [0.1, 0.15) is 0 Å².